The van der Waals surface area contributed by atoms with E-state index in [0.717, 1.165) is 5.69 Å². The summed E-state index contributed by atoms with van der Waals surface area (Å²) in [7, 11) is 1.55. The molecule has 0 unspecified atom stereocenters. The summed E-state index contributed by atoms with van der Waals surface area (Å²) in [5, 5.41) is 8.18. The van der Waals surface area contributed by atoms with Crippen molar-refractivity contribution in [1.82, 2.24) is 14.7 Å². The van der Waals surface area contributed by atoms with Crippen molar-refractivity contribution in [3.8, 4) is 11.4 Å². The molecule has 0 radical (unpaired) electrons. The van der Waals surface area contributed by atoms with Gasteiger partial charge in [-0.3, -0.25) is 9.59 Å². The van der Waals surface area contributed by atoms with Crippen LogP contribution in [-0.4, -0.2) is 46.7 Å². The molecule has 0 spiro atoms. The first-order chi connectivity index (χ1) is 16.5. The van der Waals surface area contributed by atoms with Crippen LogP contribution in [0.5, 0.6) is 5.75 Å². The van der Waals surface area contributed by atoms with Gasteiger partial charge in [-0.25, -0.2) is 4.68 Å². The van der Waals surface area contributed by atoms with E-state index in [4.69, 9.17) is 21.4 Å². The van der Waals surface area contributed by atoms with E-state index < -0.39 is 0 Å². The summed E-state index contributed by atoms with van der Waals surface area (Å²) in [6.07, 6.45) is 0. The Balaban J connectivity index is 1.89. The van der Waals surface area contributed by atoms with Crippen LogP contribution in [0, 0.1) is 5.92 Å². The van der Waals surface area contributed by atoms with E-state index >= 15 is 0 Å². The second-order valence-electron chi connectivity index (χ2n) is 9.89. The van der Waals surface area contributed by atoms with Crippen molar-refractivity contribution in [3.63, 3.8) is 0 Å². The van der Waals surface area contributed by atoms with Gasteiger partial charge < -0.3 is 15.0 Å². The summed E-state index contributed by atoms with van der Waals surface area (Å²) in [6, 6.07) is 16.1. The van der Waals surface area contributed by atoms with Crippen LogP contribution in [0.25, 0.3) is 5.69 Å². The molecule has 2 amide bonds. The first-order valence-corrected chi connectivity index (χ1v) is 12.0. The van der Waals surface area contributed by atoms with Gasteiger partial charge in [0, 0.05) is 23.6 Å². The van der Waals surface area contributed by atoms with Crippen LogP contribution in [0.3, 0.4) is 0 Å². The third-order valence-corrected chi connectivity index (χ3v) is 5.67. The maximum absolute atomic E-state index is 13.3. The van der Waals surface area contributed by atoms with E-state index in [0.29, 0.717) is 34.4 Å². The van der Waals surface area contributed by atoms with Gasteiger partial charge in [0.1, 0.15) is 18.1 Å². The zero-order chi connectivity index (χ0) is 25.8. The number of ether oxygens (including phenoxy) is 1. The molecule has 35 heavy (non-hydrogen) atoms. The number of carbonyl (C=O) groups is 2. The van der Waals surface area contributed by atoms with Gasteiger partial charge >= 0.3 is 0 Å². The number of rotatable bonds is 8. The highest BCUT2D eigenvalue weighted by Crippen LogP contribution is 2.29. The van der Waals surface area contributed by atoms with Crippen molar-refractivity contribution in [3.05, 3.63) is 70.9 Å². The molecule has 1 heterocycles. The highest BCUT2D eigenvalue weighted by Gasteiger charge is 2.24. The van der Waals surface area contributed by atoms with Gasteiger partial charge in [-0.15, -0.1) is 0 Å². The molecule has 0 saturated carbocycles. The van der Waals surface area contributed by atoms with Crippen LogP contribution in [0.15, 0.2) is 54.6 Å². The standard InChI is InChI=1S/C27H33ClN4O3/c1-18(2)16-31(26(34)19-10-9-11-20(14-19)35-6)17-25(33)29-24-15-23(27(3,4)5)30-32(24)22-13-8-7-12-21(22)28/h7-15,18H,16-17H2,1-6H3,(H,29,33). The van der Waals surface area contributed by atoms with Crippen molar-refractivity contribution < 1.29 is 14.3 Å². The molecule has 186 valence electrons. The van der Waals surface area contributed by atoms with E-state index in [1.807, 2.05) is 38.1 Å². The molecule has 2 aromatic carbocycles. The van der Waals surface area contributed by atoms with Gasteiger partial charge in [-0.05, 0) is 36.2 Å². The number of hydrogen-bond acceptors (Lipinski definition) is 4. The van der Waals surface area contributed by atoms with E-state index in [-0.39, 0.29) is 29.7 Å². The van der Waals surface area contributed by atoms with E-state index in [2.05, 4.69) is 26.1 Å². The normalized spacial score (nSPS) is 11.4. The first-order valence-electron chi connectivity index (χ1n) is 11.6. The Labute approximate surface area is 212 Å². The van der Waals surface area contributed by atoms with Gasteiger partial charge in [-0.1, -0.05) is 64.4 Å². The van der Waals surface area contributed by atoms with Crippen LogP contribution in [0.2, 0.25) is 5.02 Å². The number of anilines is 1. The van der Waals surface area contributed by atoms with Crippen molar-refractivity contribution in [2.75, 3.05) is 25.5 Å². The minimum atomic E-state index is -0.324. The Morgan fingerprint density at radius 1 is 1.11 bits per heavy atom. The zero-order valence-corrected chi connectivity index (χ0v) is 21.9. The zero-order valence-electron chi connectivity index (χ0n) is 21.1. The molecule has 0 atom stereocenters. The highest BCUT2D eigenvalue weighted by molar-refractivity contribution is 6.32. The summed E-state index contributed by atoms with van der Waals surface area (Å²) in [5.41, 5.74) is 1.69. The van der Waals surface area contributed by atoms with E-state index in [9.17, 15) is 9.59 Å². The number of carbonyl (C=O) groups excluding carboxylic acids is 2. The number of halogens is 1. The molecule has 1 aromatic heterocycles. The molecule has 0 aliphatic heterocycles. The Bertz CT molecular complexity index is 1200. The lowest BCUT2D eigenvalue weighted by atomic mass is 9.92. The van der Waals surface area contributed by atoms with Gasteiger partial charge in [-0.2, -0.15) is 5.10 Å². The third-order valence-electron chi connectivity index (χ3n) is 5.35. The monoisotopic (exact) mass is 496 g/mol. The quantitative estimate of drug-likeness (QED) is 0.442. The fraction of sp³-hybridized carbons (Fsp3) is 0.370. The third kappa shape index (κ3) is 6.63. The van der Waals surface area contributed by atoms with Crippen LogP contribution < -0.4 is 10.1 Å². The second kappa shape index (κ2) is 11.0. The lowest BCUT2D eigenvalue weighted by Crippen LogP contribution is -2.40. The van der Waals surface area contributed by atoms with Gasteiger partial charge in [0.05, 0.1) is 23.5 Å². The summed E-state index contributed by atoms with van der Waals surface area (Å²) < 4.78 is 6.89. The summed E-state index contributed by atoms with van der Waals surface area (Å²) in [4.78, 5) is 28.0. The Hall–Kier alpha value is -3.32. The minimum Gasteiger partial charge on any atom is -0.497 e. The fourth-order valence-corrected chi connectivity index (χ4v) is 3.81. The topological polar surface area (TPSA) is 76.5 Å². The van der Waals surface area contributed by atoms with Gasteiger partial charge in [0.15, 0.2) is 0 Å². The molecular weight excluding hydrogens is 464 g/mol. The van der Waals surface area contributed by atoms with Crippen molar-refractivity contribution >= 4 is 29.2 Å². The van der Waals surface area contributed by atoms with Crippen LogP contribution >= 0.6 is 11.6 Å². The molecular formula is C27H33ClN4O3. The molecule has 0 fully saturated rings. The maximum Gasteiger partial charge on any atom is 0.254 e. The van der Waals surface area contributed by atoms with E-state index in [1.54, 1.807) is 47.0 Å². The Kier molecular flexibility index (Phi) is 8.22. The van der Waals surface area contributed by atoms with E-state index in [1.165, 1.54) is 0 Å². The molecule has 1 N–H and O–H groups in total. The molecule has 0 aliphatic rings. The van der Waals surface area contributed by atoms with Crippen molar-refractivity contribution in [2.45, 2.75) is 40.0 Å². The Morgan fingerprint density at radius 2 is 1.83 bits per heavy atom. The number of hydrogen-bond donors (Lipinski definition) is 1. The lowest BCUT2D eigenvalue weighted by Gasteiger charge is -2.24. The second-order valence-corrected chi connectivity index (χ2v) is 10.3. The number of benzene rings is 2. The van der Waals surface area contributed by atoms with Crippen LogP contribution in [-0.2, 0) is 10.2 Å². The minimum absolute atomic E-state index is 0.104. The number of aromatic nitrogens is 2. The van der Waals surface area contributed by atoms with Gasteiger partial charge in [0.25, 0.3) is 5.91 Å². The van der Waals surface area contributed by atoms with Crippen LogP contribution in [0.1, 0.15) is 50.7 Å². The molecule has 0 aliphatic carbocycles. The van der Waals surface area contributed by atoms with Crippen molar-refractivity contribution in [2.24, 2.45) is 5.92 Å². The number of para-hydroxylation sites is 1. The number of methoxy groups -OCH3 is 1. The van der Waals surface area contributed by atoms with Crippen LogP contribution in [0.4, 0.5) is 5.82 Å². The largest absolute Gasteiger partial charge is 0.497 e. The maximum atomic E-state index is 13.3. The molecule has 7 nitrogen and oxygen atoms in total. The molecule has 3 rings (SSSR count). The van der Waals surface area contributed by atoms with Crippen molar-refractivity contribution in [1.29, 1.82) is 0 Å². The smallest absolute Gasteiger partial charge is 0.254 e. The van der Waals surface area contributed by atoms with Gasteiger partial charge in [0.2, 0.25) is 5.91 Å². The fourth-order valence-electron chi connectivity index (χ4n) is 3.60. The molecule has 0 saturated heterocycles. The number of nitrogens with zero attached hydrogens (tertiary/aromatic N) is 3. The summed E-state index contributed by atoms with van der Waals surface area (Å²) in [6.45, 7) is 10.5. The number of nitrogens with one attached hydrogen (secondary N) is 1. The average molecular weight is 497 g/mol. The Morgan fingerprint density at radius 3 is 2.46 bits per heavy atom. The number of amides is 2. The molecule has 3 aromatic rings. The summed E-state index contributed by atoms with van der Waals surface area (Å²) in [5.74, 6) is 0.700. The predicted molar refractivity (Wildman–Crippen MR) is 140 cm³/mol. The summed E-state index contributed by atoms with van der Waals surface area (Å²) >= 11 is 6.43. The molecule has 0 bridgehead atoms. The predicted octanol–water partition coefficient (Wildman–Crippen LogP) is 5.57. The lowest BCUT2D eigenvalue weighted by molar-refractivity contribution is -0.117. The highest BCUT2D eigenvalue weighted by atomic mass is 35.5. The molecule has 8 heteroatoms. The SMILES string of the molecule is COc1cccc(C(=O)N(CC(=O)Nc2cc(C(C)(C)C)nn2-c2ccccc2Cl)CC(C)C)c1. The first kappa shape index (κ1) is 26.3. The average Bonchev–Trinajstić information content (AvgIpc) is 3.22.